The monoisotopic (exact) mass is 894 g/mol. The highest BCUT2D eigenvalue weighted by molar-refractivity contribution is 5.98. The fourth-order valence-corrected chi connectivity index (χ4v) is 6.58. The van der Waals surface area contributed by atoms with E-state index in [4.69, 9.17) is 10.8 Å². The summed E-state index contributed by atoms with van der Waals surface area (Å²) in [4.78, 5) is 137. The molecule has 10 unspecified atom stereocenters. The largest absolute Gasteiger partial charge is 0.481 e. The van der Waals surface area contributed by atoms with Crippen LogP contribution in [0.25, 0.3) is 0 Å². The van der Waals surface area contributed by atoms with Crippen LogP contribution in [0.2, 0.25) is 0 Å². The van der Waals surface area contributed by atoms with Crippen molar-refractivity contribution in [2.24, 2.45) is 17.6 Å². The molecule has 0 spiro atoms. The van der Waals surface area contributed by atoms with Gasteiger partial charge in [0.2, 0.25) is 41.4 Å². The molecular formula is C39H62N10O14. The van der Waals surface area contributed by atoms with Crippen LogP contribution >= 0.6 is 0 Å². The molecule has 1 aromatic heterocycles. The van der Waals surface area contributed by atoms with Crippen LogP contribution in [0.15, 0.2) is 12.5 Å². The number of hydrogen-bond donors (Lipinski definition) is 12. The van der Waals surface area contributed by atoms with Crippen LogP contribution in [0.4, 0.5) is 0 Å². The number of aromatic nitrogens is 2. The molecule has 63 heavy (non-hydrogen) atoms. The summed E-state index contributed by atoms with van der Waals surface area (Å²) in [6.07, 6.45) is 0.237. The second kappa shape index (κ2) is 25.1. The number of aromatic amines is 1. The van der Waals surface area contributed by atoms with Crippen molar-refractivity contribution < 1.29 is 68.4 Å². The highest BCUT2D eigenvalue weighted by atomic mass is 16.4. The third kappa shape index (κ3) is 16.9. The first-order chi connectivity index (χ1) is 29.5. The lowest BCUT2D eigenvalue weighted by Crippen LogP contribution is -2.60. The number of carbonyl (C=O) groups excluding carboxylic acids is 7. The number of imidazole rings is 1. The van der Waals surface area contributed by atoms with E-state index in [1.54, 1.807) is 13.8 Å². The minimum Gasteiger partial charge on any atom is -0.481 e. The summed E-state index contributed by atoms with van der Waals surface area (Å²) < 4.78 is 0. The zero-order valence-corrected chi connectivity index (χ0v) is 36.2. The average Bonchev–Trinajstić information content (AvgIpc) is 3.92. The number of H-pyrrole nitrogens is 1. The van der Waals surface area contributed by atoms with Gasteiger partial charge >= 0.3 is 17.9 Å². The average molecular weight is 895 g/mol. The van der Waals surface area contributed by atoms with Crippen LogP contribution in [0.1, 0.15) is 92.2 Å². The molecule has 0 radical (unpaired) electrons. The summed E-state index contributed by atoms with van der Waals surface area (Å²) in [6, 6.07) is -11.0. The minimum atomic E-state index is -1.92. The number of amides is 7. The molecule has 1 fully saturated rings. The fourth-order valence-electron chi connectivity index (χ4n) is 6.58. The summed E-state index contributed by atoms with van der Waals surface area (Å²) in [7, 11) is 0. The molecule has 7 amide bonds. The van der Waals surface area contributed by atoms with Crippen molar-refractivity contribution in [3.8, 4) is 0 Å². The first-order valence-corrected chi connectivity index (χ1v) is 20.7. The van der Waals surface area contributed by atoms with Crippen molar-refractivity contribution in [3.05, 3.63) is 18.2 Å². The number of rotatable bonds is 26. The highest BCUT2D eigenvalue weighted by Gasteiger charge is 2.41. The molecule has 1 aromatic rings. The Morgan fingerprint density at radius 3 is 1.94 bits per heavy atom. The van der Waals surface area contributed by atoms with E-state index in [9.17, 15) is 63.3 Å². The molecule has 2 heterocycles. The topological polar surface area (TPSA) is 382 Å². The Balaban J connectivity index is 2.27. The summed E-state index contributed by atoms with van der Waals surface area (Å²) in [5.41, 5.74) is 6.12. The molecule has 10 atom stereocenters. The van der Waals surface area contributed by atoms with Gasteiger partial charge in [0.15, 0.2) is 0 Å². The van der Waals surface area contributed by atoms with Crippen molar-refractivity contribution >= 4 is 59.3 Å². The molecule has 0 aromatic carbocycles. The Labute approximate surface area is 363 Å². The van der Waals surface area contributed by atoms with E-state index < -0.39 is 139 Å². The van der Waals surface area contributed by atoms with Gasteiger partial charge in [-0.1, -0.05) is 34.1 Å². The number of aliphatic carboxylic acids is 3. The van der Waals surface area contributed by atoms with Crippen LogP contribution in [0.3, 0.4) is 0 Å². The van der Waals surface area contributed by atoms with Crippen LogP contribution in [-0.2, 0) is 54.4 Å². The summed E-state index contributed by atoms with van der Waals surface area (Å²) >= 11 is 0. The SMILES string of the molecule is CCC(C)C(NC(=O)C1CCCN1C(=O)C(CC(C)C)NC(=O)C(N)C(C)O)C(=O)NC(C)C(=O)NC(Cc1cnc[nH]1)C(=O)NC(CCC(=O)O)C(=O)NC(CC(=O)O)C(=O)O. The Morgan fingerprint density at radius 1 is 0.794 bits per heavy atom. The molecule has 24 heteroatoms. The zero-order chi connectivity index (χ0) is 47.7. The van der Waals surface area contributed by atoms with E-state index in [2.05, 4.69) is 36.6 Å². The first-order valence-electron chi connectivity index (χ1n) is 20.7. The number of likely N-dealkylation sites (tertiary alicyclic amines) is 1. The van der Waals surface area contributed by atoms with Crippen molar-refractivity contribution in [3.63, 3.8) is 0 Å². The first kappa shape index (κ1) is 53.0. The van der Waals surface area contributed by atoms with Gasteiger partial charge in [0, 0.05) is 31.3 Å². The molecule has 1 aliphatic heterocycles. The number of nitrogens with two attached hydrogens (primary N) is 1. The molecule has 0 bridgehead atoms. The maximum atomic E-state index is 13.8. The summed E-state index contributed by atoms with van der Waals surface area (Å²) in [5, 5.41) is 52.1. The minimum absolute atomic E-state index is 0.0534. The summed E-state index contributed by atoms with van der Waals surface area (Å²) in [5.74, 6) is -11.0. The maximum Gasteiger partial charge on any atom is 0.326 e. The van der Waals surface area contributed by atoms with Gasteiger partial charge in [-0.15, -0.1) is 0 Å². The molecule has 0 aliphatic carbocycles. The fraction of sp³-hybridized carbons (Fsp3) is 0.667. The zero-order valence-electron chi connectivity index (χ0n) is 36.2. The number of hydrogen-bond acceptors (Lipinski definition) is 13. The molecule has 24 nitrogen and oxygen atoms in total. The highest BCUT2D eigenvalue weighted by Crippen LogP contribution is 2.22. The lowest BCUT2D eigenvalue weighted by molar-refractivity contribution is -0.147. The van der Waals surface area contributed by atoms with Crippen molar-refractivity contribution in [1.82, 2.24) is 46.8 Å². The number of nitrogens with one attached hydrogen (secondary N) is 7. The molecule has 1 aliphatic rings. The van der Waals surface area contributed by atoms with Gasteiger partial charge in [0.25, 0.3) is 0 Å². The van der Waals surface area contributed by atoms with Gasteiger partial charge in [-0.25, -0.2) is 9.78 Å². The molecule has 0 saturated carbocycles. The standard InChI is InChI=1S/C39H62N10O14/c1-7-19(4)31(48-35(58)27-9-8-12-49(27)38(61)25(13-18(2)3)46-36(59)30(40)21(6)50)37(60)43-20(5)32(55)45-24(14-22-16-41-17-42-22)34(57)44-23(10-11-28(51)52)33(56)47-26(39(62)63)15-29(53)54/h16-21,23-27,30-31,50H,7-15,40H2,1-6H3,(H,41,42)(H,43,60)(H,44,57)(H,45,55)(H,46,59)(H,47,56)(H,48,58)(H,51,52)(H,53,54)(H,62,63). The van der Waals surface area contributed by atoms with E-state index in [1.165, 1.54) is 31.3 Å². The number of carboxylic acid groups (broad SMARTS) is 3. The van der Waals surface area contributed by atoms with Crippen molar-refractivity contribution in [2.45, 2.75) is 147 Å². The van der Waals surface area contributed by atoms with Crippen LogP contribution in [0, 0.1) is 11.8 Å². The van der Waals surface area contributed by atoms with E-state index in [1.807, 2.05) is 19.2 Å². The van der Waals surface area contributed by atoms with Crippen LogP contribution in [0.5, 0.6) is 0 Å². The number of carbonyl (C=O) groups is 10. The van der Waals surface area contributed by atoms with Crippen molar-refractivity contribution in [2.75, 3.05) is 6.54 Å². The Bertz CT molecular complexity index is 1790. The third-order valence-corrected chi connectivity index (χ3v) is 10.4. The third-order valence-electron chi connectivity index (χ3n) is 10.4. The van der Waals surface area contributed by atoms with Crippen LogP contribution < -0.4 is 37.6 Å². The maximum absolute atomic E-state index is 13.8. The number of carboxylic acids is 3. The van der Waals surface area contributed by atoms with Gasteiger partial charge in [-0.05, 0) is 51.4 Å². The molecule has 1 saturated heterocycles. The van der Waals surface area contributed by atoms with Crippen LogP contribution in [-0.4, -0.2) is 156 Å². The number of aliphatic hydroxyl groups excluding tert-OH is 1. The Kier molecular flexibility index (Phi) is 21.1. The van der Waals surface area contributed by atoms with Gasteiger partial charge in [0.1, 0.15) is 48.3 Å². The van der Waals surface area contributed by atoms with E-state index in [-0.39, 0.29) is 31.7 Å². The number of aliphatic hydroxyl groups is 1. The second-order valence-corrected chi connectivity index (χ2v) is 16.1. The van der Waals surface area contributed by atoms with E-state index in [0.29, 0.717) is 18.5 Å². The lowest BCUT2D eigenvalue weighted by Gasteiger charge is -2.32. The predicted molar refractivity (Wildman–Crippen MR) is 220 cm³/mol. The normalized spacial score (nSPS) is 17.9. The van der Waals surface area contributed by atoms with E-state index >= 15 is 0 Å². The van der Waals surface area contributed by atoms with E-state index in [0.717, 1.165) is 0 Å². The number of nitrogens with zero attached hydrogens (tertiary/aromatic N) is 2. The predicted octanol–water partition coefficient (Wildman–Crippen LogP) is -2.90. The lowest BCUT2D eigenvalue weighted by atomic mass is 9.97. The van der Waals surface area contributed by atoms with Gasteiger partial charge < -0.3 is 67.9 Å². The second-order valence-electron chi connectivity index (χ2n) is 16.1. The molecular weight excluding hydrogens is 832 g/mol. The Hall–Kier alpha value is -6.17. The molecule has 13 N–H and O–H groups in total. The molecule has 2 rings (SSSR count). The van der Waals surface area contributed by atoms with Crippen molar-refractivity contribution in [1.29, 1.82) is 0 Å². The summed E-state index contributed by atoms with van der Waals surface area (Å²) in [6.45, 7) is 9.97. The Morgan fingerprint density at radius 2 is 1.40 bits per heavy atom. The smallest absolute Gasteiger partial charge is 0.326 e. The van der Waals surface area contributed by atoms with Gasteiger partial charge in [-0.2, -0.15) is 0 Å². The van der Waals surface area contributed by atoms with Gasteiger partial charge in [0.05, 0.1) is 18.9 Å². The van der Waals surface area contributed by atoms with Gasteiger partial charge in [-0.3, -0.25) is 43.2 Å². The molecule has 352 valence electrons. The quantitative estimate of drug-likeness (QED) is 0.0444.